The number of piperazine rings is 1. The van der Waals surface area contributed by atoms with E-state index in [9.17, 15) is 0 Å². The molecule has 3 nitrogen and oxygen atoms in total. The molecule has 19 heavy (non-hydrogen) atoms. The van der Waals surface area contributed by atoms with Crippen molar-refractivity contribution < 1.29 is 0 Å². The Kier molecular flexibility index (Phi) is 6.11. The molecule has 2 fully saturated rings. The minimum Gasteiger partial charge on any atom is -0.319 e. The van der Waals surface area contributed by atoms with Crippen LogP contribution in [0.2, 0.25) is 0 Å². The van der Waals surface area contributed by atoms with Gasteiger partial charge in [0.05, 0.1) is 0 Å². The maximum Gasteiger partial charge on any atom is 0.0110 e. The molecule has 1 saturated carbocycles. The number of hydrogen-bond donors (Lipinski definition) is 1. The molecule has 0 bridgehead atoms. The first-order valence-corrected chi connectivity index (χ1v) is 8.37. The molecule has 2 aliphatic rings. The summed E-state index contributed by atoms with van der Waals surface area (Å²) in [7, 11) is 2.13. The van der Waals surface area contributed by atoms with Crippen LogP contribution in [0.25, 0.3) is 0 Å². The predicted molar refractivity (Wildman–Crippen MR) is 82.6 cm³/mol. The van der Waals surface area contributed by atoms with Gasteiger partial charge >= 0.3 is 0 Å². The summed E-state index contributed by atoms with van der Waals surface area (Å²) in [6.45, 7) is 11.1. The molecule has 0 aromatic rings. The highest BCUT2D eigenvalue weighted by atomic mass is 15.3. The molecular weight excluding hydrogens is 234 g/mol. The summed E-state index contributed by atoms with van der Waals surface area (Å²) in [5, 5.41) is 3.48. The van der Waals surface area contributed by atoms with Gasteiger partial charge in [0, 0.05) is 39.3 Å². The molecule has 2 rings (SSSR count). The van der Waals surface area contributed by atoms with Gasteiger partial charge in [0.25, 0.3) is 0 Å². The molecule has 1 saturated heterocycles. The van der Waals surface area contributed by atoms with E-state index in [1.54, 1.807) is 0 Å². The first kappa shape index (κ1) is 15.3. The van der Waals surface area contributed by atoms with Crippen LogP contribution in [0.1, 0.15) is 45.4 Å². The summed E-state index contributed by atoms with van der Waals surface area (Å²) in [5.41, 5.74) is 0.555. The second-order valence-electron chi connectivity index (χ2n) is 6.65. The fourth-order valence-corrected chi connectivity index (χ4v) is 3.98. The van der Waals surface area contributed by atoms with Gasteiger partial charge in [-0.05, 0) is 31.8 Å². The normalized spacial score (nSPS) is 26.2. The van der Waals surface area contributed by atoms with E-state index in [1.807, 2.05) is 0 Å². The molecule has 1 N–H and O–H groups in total. The summed E-state index contributed by atoms with van der Waals surface area (Å²) < 4.78 is 0. The van der Waals surface area contributed by atoms with Crippen molar-refractivity contribution in [3.05, 3.63) is 0 Å². The largest absolute Gasteiger partial charge is 0.319 e. The zero-order valence-corrected chi connectivity index (χ0v) is 13.1. The van der Waals surface area contributed by atoms with Crippen LogP contribution in [0.4, 0.5) is 0 Å². The lowest BCUT2D eigenvalue weighted by molar-refractivity contribution is 0.0777. The van der Waals surface area contributed by atoms with E-state index in [1.165, 1.54) is 84.3 Å². The van der Waals surface area contributed by atoms with Gasteiger partial charge in [0.15, 0.2) is 0 Å². The number of likely N-dealkylation sites (N-methyl/N-ethyl adjacent to an activating group) is 1. The van der Waals surface area contributed by atoms with Gasteiger partial charge in [-0.2, -0.15) is 0 Å². The average Bonchev–Trinajstić information content (AvgIpc) is 2.66. The lowest BCUT2D eigenvalue weighted by Gasteiger charge is -2.41. The minimum absolute atomic E-state index is 0.555. The Labute approximate surface area is 119 Å². The molecule has 0 amide bonds. The summed E-state index contributed by atoms with van der Waals surface area (Å²) >= 11 is 0. The van der Waals surface area contributed by atoms with E-state index < -0.39 is 0 Å². The summed E-state index contributed by atoms with van der Waals surface area (Å²) in [5.74, 6) is 0. The molecule has 0 spiro atoms. The molecule has 3 heteroatoms. The van der Waals surface area contributed by atoms with E-state index >= 15 is 0 Å². The van der Waals surface area contributed by atoms with E-state index in [-0.39, 0.29) is 0 Å². The molecule has 0 radical (unpaired) electrons. The first-order chi connectivity index (χ1) is 9.28. The van der Waals surface area contributed by atoms with Crippen LogP contribution in [0.3, 0.4) is 0 Å². The van der Waals surface area contributed by atoms with E-state index in [0.29, 0.717) is 5.41 Å². The Balaban J connectivity index is 1.89. The number of nitrogens with zero attached hydrogens (tertiary/aromatic N) is 2. The first-order valence-electron chi connectivity index (χ1n) is 8.37. The maximum atomic E-state index is 3.48. The molecule has 112 valence electrons. The third-order valence-corrected chi connectivity index (χ3v) is 5.19. The highest BCUT2D eigenvalue weighted by Gasteiger charge is 2.33. The van der Waals surface area contributed by atoms with Crippen molar-refractivity contribution in [2.75, 3.05) is 52.9 Å². The lowest BCUT2D eigenvalue weighted by atomic mass is 9.79. The molecular formula is C16H33N3. The predicted octanol–water partition coefficient (Wildman–Crippen LogP) is 2.18. The van der Waals surface area contributed by atoms with Crippen LogP contribution in [-0.4, -0.2) is 62.7 Å². The fraction of sp³-hybridized carbons (Fsp3) is 1.00. The summed E-state index contributed by atoms with van der Waals surface area (Å²) in [4.78, 5) is 5.31. The Hall–Kier alpha value is -0.120. The van der Waals surface area contributed by atoms with Gasteiger partial charge in [0.2, 0.25) is 0 Å². The Morgan fingerprint density at radius 1 is 0.895 bits per heavy atom. The Morgan fingerprint density at radius 3 is 2.00 bits per heavy atom. The SMILES string of the molecule is CCN1CCN(CC2(CNC)CCCCCC2)CC1. The van der Waals surface area contributed by atoms with Gasteiger partial charge in [-0.3, -0.25) is 0 Å². The zero-order valence-electron chi connectivity index (χ0n) is 13.1. The quantitative estimate of drug-likeness (QED) is 0.770. The Bertz CT molecular complexity index is 238. The lowest BCUT2D eigenvalue weighted by Crippen LogP contribution is -2.51. The third-order valence-electron chi connectivity index (χ3n) is 5.19. The van der Waals surface area contributed by atoms with Gasteiger partial charge in [0.1, 0.15) is 0 Å². The van der Waals surface area contributed by atoms with Gasteiger partial charge in [-0.1, -0.05) is 32.6 Å². The van der Waals surface area contributed by atoms with E-state index in [4.69, 9.17) is 0 Å². The minimum atomic E-state index is 0.555. The molecule has 1 aliphatic heterocycles. The van der Waals surface area contributed by atoms with Crippen LogP contribution in [-0.2, 0) is 0 Å². The van der Waals surface area contributed by atoms with Crippen molar-refractivity contribution >= 4 is 0 Å². The standard InChI is InChI=1S/C16H33N3/c1-3-18-10-12-19(13-11-18)15-16(14-17-2)8-6-4-5-7-9-16/h17H,3-15H2,1-2H3. The number of rotatable bonds is 5. The third kappa shape index (κ3) is 4.44. The van der Waals surface area contributed by atoms with Gasteiger partial charge in [-0.25, -0.2) is 0 Å². The number of nitrogens with one attached hydrogen (secondary N) is 1. The summed E-state index contributed by atoms with van der Waals surface area (Å²) in [6.07, 6.45) is 8.65. The molecule has 1 aliphatic carbocycles. The van der Waals surface area contributed by atoms with Crippen molar-refractivity contribution in [3.8, 4) is 0 Å². The molecule has 0 aromatic carbocycles. The highest BCUT2D eigenvalue weighted by Crippen LogP contribution is 2.35. The van der Waals surface area contributed by atoms with Gasteiger partial charge in [-0.15, -0.1) is 0 Å². The second-order valence-corrected chi connectivity index (χ2v) is 6.65. The zero-order chi connectivity index (χ0) is 13.6. The van der Waals surface area contributed by atoms with Crippen molar-refractivity contribution in [2.24, 2.45) is 5.41 Å². The Morgan fingerprint density at radius 2 is 1.47 bits per heavy atom. The van der Waals surface area contributed by atoms with Crippen molar-refractivity contribution in [1.82, 2.24) is 15.1 Å². The summed E-state index contributed by atoms with van der Waals surface area (Å²) in [6, 6.07) is 0. The molecule has 0 aromatic heterocycles. The van der Waals surface area contributed by atoms with E-state index in [0.717, 1.165) is 0 Å². The van der Waals surface area contributed by atoms with Gasteiger partial charge < -0.3 is 15.1 Å². The van der Waals surface area contributed by atoms with E-state index in [2.05, 4.69) is 29.1 Å². The molecule has 0 unspecified atom stereocenters. The maximum absolute atomic E-state index is 3.48. The van der Waals surface area contributed by atoms with Crippen LogP contribution in [0.5, 0.6) is 0 Å². The van der Waals surface area contributed by atoms with Crippen LogP contribution in [0, 0.1) is 5.41 Å². The second kappa shape index (κ2) is 7.61. The molecule has 1 heterocycles. The van der Waals surface area contributed by atoms with Crippen LogP contribution >= 0.6 is 0 Å². The number of hydrogen-bond acceptors (Lipinski definition) is 3. The highest BCUT2D eigenvalue weighted by molar-refractivity contribution is 4.88. The topological polar surface area (TPSA) is 18.5 Å². The van der Waals surface area contributed by atoms with Crippen LogP contribution < -0.4 is 5.32 Å². The fourth-order valence-electron chi connectivity index (χ4n) is 3.98. The van der Waals surface area contributed by atoms with Crippen LogP contribution in [0.15, 0.2) is 0 Å². The molecule has 0 atom stereocenters. The monoisotopic (exact) mass is 267 g/mol. The van der Waals surface area contributed by atoms with Crippen molar-refractivity contribution in [1.29, 1.82) is 0 Å². The smallest absolute Gasteiger partial charge is 0.0110 e. The average molecular weight is 267 g/mol. The van der Waals surface area contributed by atoms with Crippen molar-refractivity contribution in [2.45, 2.75) is 45.4 Å². The van der Waals surface area contributed by atoms with Crippen molar-refractivity contribution in [3.63, 3.8) is 0 Å².